The highest BCUT2D eigenvalue weighted by Gasteiger charge is 2.10. The van der Waals surface area contributed by atoms with Crippen molar-refractivity contribution in [2.45, 2.75) is 31.6 Å². The Labute approximate surface area is 115 Å². The molecular formula is C13H17BrO2S. The van der Waals surface area contributed by atoms with E-state index in [9.17, 15) is 4.79 Å². The van der Waals surface area contributed by atoms with Crippen LogP contribution in [0.2, 0.25) is 0 Å². The number of carbonyl (C=O) groups is 1. The largest absolute Gasteiger partial charge is 0.478 e. The van der Waals surface area contributed by atoms with Crippen LogP contribution < -0.4 is 0 Å². The van der Waals surface area contributed by atoms with E-state index in [2.05, 4.69) is 29.8 Å². The van der Waals surface area contributed by atoms with Crippen LogP contribution in [0.5, 0.6) is 0 Å². The average molecular weight is 317 g/mol. The molecule has 0 spiro atoms. The Morgan fingerprint density at radius 3 is 2.59 bits per heavy atom. The van der Waals surface area contributed by atoms with Crippen molar-refractivity contribution >= 4 is 33.7 Å². The van der Waals surface area contributed by atoms with Crippen molar-refractivity contribution in [2.24, 2.45) is 5.92 Å². The molecule has 0 aliphatic heterocycles. The van der Waals surface area contributed by atoms with E-state index < -0.39 is 5.97 Å². The number of hydrogen-bond acceptors (Lipinski definition) is 2. The minimum atomic E-state index is -0.887. The lowest BCUT2D eigenvalue weighted by molar-refractivity contribution is 0.0695. The molecule has 0 saturated carbocycles. The smallest absolute Gasteiger partial charge is 0.336 e. The third kappa shape index (κ3) is 4.36. The number of benzene rings is 1. The van der Waals surface area contributed by atoms with Crippen molar-refractivity contribution in [3.05, 3.63) is 28.2 Å². The first-order valence-electron chi connectivity index (χ1n) is 5.74. The van der Waals surface area contributed by atoms with Gasteiger partial charge in [0.25, 0.3) is 0 Å². The maximum atomic E-state index is 11.0. The lowest BCUT2D eigenvalue weighted by Gasteiger charge is -2.11. The van der Waals surface area contributed by atoms with Crippen molar-refractivity contribution in [1.29, 1.82) is 0 Å². The van der Waals surface area contributed by atoms with Crippen LogP contribution in [-0.2, 0) is 0 Å². The Morgan fingerprint density at radius 1 is 1.41 bits per heavy atom. The summed E-state index contributed by atoms with van der Waals surface area (Å²) in [5.74, 6) is 0.868. The van der Waals surface area contributed by atoms with Crippen LogP contribution in [0.4, 0.5) is 0 Å². The molecule has 4 heteroatoms. The summed E-state index contributed by atoms with van der Waals surface area (Å²) >= 11 is 4.98. The Bertz CT molecular complexity index is 389. The number of thioether (sulfide) groups is 1. The summed E-state index contributed by atoms with van der Waals surface area (Å²) in [4.78, 5) is 12.0. The number of carboxylic acid groups (broad SMARTS) is 1. The van der Waals surface area contributed by atoms with Crippen molar-refractivity contribution in [3.8, 4) is 0 Å². The van der Waals surface area contributed by atoms with Crippen molar-refractivity contribution in [2.75, 3.05) is 5.75 Å². The molecule has 0 fully saturated rings. The molecular weight excluding hydrogens is 300 g/mol. The molecule has 0 aromatic heterocycles. The van der Waals surface area contributed by atoms with Gasteiger partial charge in [-0.3, -0.25) is 0 Å². The molecule has 2 nitrogen and oxygen atoms in total. The third-order valence-corrected chi connectivity index (χ3v) is 4.73. The Kier molecular flexibility index (Phi) is 6.06. The summed E-state index contributed by atoms with van der Waals surface area (Å²) in [6.45, 7) is 4.39. The van der Waals surface area contributed by atoms with E-state index >= 15 is 0 Å². The highest BCUT2D eigenvalue weighted by molar-refractivity contribution is 9.10. The molecule has 0 bridgehead atoms. The Balaban J connectivity index is 2.72. The minimum absolute atomic E-state index is 0.333. The van der Waals surface area contributed by atoms with E-state index in [0.717, 1.165) is 10.6 Å². The first-order valence-corrected chi connectivity index (χ1v) is 7.52. The van der Waals surface area contributed by atoms with E-state index in [1.165, 1.54) is 12.8 Å². The standard InChI is InChI=1S/C13H17BrO2S/c1-3-9(4-2)8-17-10-5-6-12(14)11(7-10)13(15)16/h5-7,9H,3-4,8H2,1-2H3,(H,15,16). The molecule has 1 rings (SSSR count). The molecule has 0 saturated heterocycles. The van der Waals surface area contributed by atoms with Gasteiger partial charge in [-0.1, -0.05) is 26.7 Å². The van der Waals surface area contributed by atoms with E-state index in [0.29, 0.717) is 16.0 Å². The lowest BCUT2D eigenvalue weighted by atomic mass is 10.1. The zero-order valence-electron chi connectivity index (χ0n) is 10.1. The molecule has 94 valence electrons. The van der Waals surface area contributed by atoms with Crippen LogP contribution in [0.15, 0.2) is 27.6 Å². The fraction of sp³-hybridized carbons (Fsp3) is 0.462. The van der Waals surface area contributed by atoms with Gasteiger partial charge in [0.05, 0.1) is 5.56 Å². The molecule has 0 amide bonds. The predicted molar refractivity (Wildman–Crippen MR) is 75.9 cm³/mol. The second-order valence-electron chi connectivity index (χ2n) is 3.94. The SMILES string of the molecule is CCC(CC)CSc1ccc(Br)c(C(=O)O)c1. The van der Waals surface area contributed by atoms with Gasteiger partial charge in [0.1, 0.15) is 0 Å². The number of rotatable bonds is 6. The maximum Gasteiger partial charge on any atom is 0.336 e. The van der Waals surface area contributed by atoms with Crippen molar-refractivity contribution in [1.82, 2.24) is 0 Å². The summed E-state index contributed by atoms with van der Waals surface area (Å²) in [6.07, 6.45) is 2.34. The van der Waals surface area contributed by atoms with E-state index in [-0.39, 0.29) is 0 Å². The van der Waals surface area contributed by atoms with Crippen LogP contribution in [0.3, 0.4) is 0 Å². The summed E-state index contributed by atoms with van der Waals surface area (Å²) in [5.41, 5.74) is 0.333. The zero-order valence-corrected chi connectivity index (χ0v) is 12.5. The van der Waals surface area contributed by atoms with Gasteiger partial charge in [0.15, 0.2) is 0 Å². The second-order valence-corrected chi connectivity index (χ2v) is 5.89. The van der Waals surface area contributed by atoms with Gasteiger partial charge >= 0.3 is 5.97 Å². The van der Waals surface area contributed by atoms with Crippen molar-refractivity contribution in [3.63, 3.8) is 0 Å². The fourth-order valence-corrected chi connectivity index (χ4v) is 3.18. The maximum absolute atomic E-state index is 11.0. The Morgan fingerprint density at radius 2 is 2.06 bits per heavy atom. The normalized spacial score (nSPS) is 10.8. The second kappa shape index (κ2) is 7.07. The van der Waals surface area contributed by atoms with E-state index in [4.69, 9.17) is 5.11 Å². The van der Waals surface area contributed by atoms with Gasteiger partial charge in [-0.15, -0.1) is 11.8 Å². The van der Waals surface area contributed by atoms with Gasteiger partial charge in [-0.25, -0.2) is 4.79 Å². The van der Waals surface area contributed by atoms with Crippen LogP contribution in [-0.4, -0.2) is 16.8 Å². The number of carboxylic acids is 1. The summed E-state index contributed by atoms with van der Waals surface area (Å²) < 4.78 is 0.636. The Hall–Kier alpha value is -0.480. The average Bonchev–Trinajstić information content (AvgIpc) is 2.32. The topological polar surface area (TPSA) is 37.3 Å². The highest BCUT2D eigenvalue weighted by Crippen LogP contribution is 2.27. The molecule has 0 unspecified atom stereocenters. The quantitative estimate of drug-likeness (QED) is 0.774. The molecule has 0 atom stereocenters. The molecule has 1 N–H and O–H groups in total. The molecule has 0 aliphatic rings. The molecule has 0 heterocycles. The molecule has 17 heavy (non-hydrogen) atoms. The summed E-state index contributed by atoms with van der Waals surface area (Å²) in [6, 6.07) is 5.50. The van der Waals surface area contributed by atoms with Crippen LogP contribution in [0.1, 0.15) is 37.0 Å². The summed E-state index contributed by atoms with van der Waals surface area (Å²) in [7, 11) is 0. The van der Waals surface area contributed by atoms with Crippen molar-refractivity contribution < 1.29 is 9.90 Å². The molecule has 0 aliphatic carbocycles. The molecule has 0 radical (unpaired) electrons. The fourth-order valence-electron chi connectivity index (χ4n) is 1.50. The van der Waals surface area contributed by atoms with Crippen LogP contribution in [0, 0.1) is 5.92 Å². The van der Waals surface area contributed by atoms with E-state index in [1.807, 2.05) is 6.07 Å². The van der Waals surface area contributed by atoms with Gasteiger partial charge in [-0.05, 0) is 40.0 Å². The monoisotopic (exact) mass is 316 g/mol. The lowest BCUT2D eigenvalue weighted by Crippen LogP contribution is -2.01. The van der Waals surface area contributed by atoms with Crippen LogP contribution >= 0.6 is 27.7 Å². The summed E-state index contributed by atoms with van der Waals surface area (Å²) in [5, 5.41) is 9.02. The first kappa shape index (κ1) is 14.6. The van der Waals surface area contributed by atoms with Gasteiger partial charge < -0.3 is 5.11 Å². The minimum Gasteiger partial charge on any atom is -0.478 e. The van der Waals surface area contributed by atoms with E-state index in [1.54, 1.807) is 23.9 Å². The van der Waals surface area contributed by atoms with Crippen LogP contribution in [0.25, 0.3) is 0 Å². The molecule has 1 aromatic rings. The third-order valence-electron chi connectivity index (χ3n) is 2.81. The zero-order chi connectivity index (χ0) is 12.8. The van der Waals surface area contributed by atoms with Gasteiger partial charge in [0, 0.05) is 15.1 Å². The highest BCUT2D eigenvalue weighted by atomic mass is 79.9. The number of halogens is 1. The molecule has 1 aromatic carbocycles. The first-order chi connectivity index (χ1) is 8.08. The van der Waals surface area contributed by atoms with Gasteiger partial charge in [0.2, 0.25) is 0 Å². The van der Waals surface area contributed by atoms with Gasteiger partial charge in [-0.2, -0.15) is 0 Å². The predicted octanol–water partition coefficient (Wildman–Crippen LogP) is 4.68. The number of hydrogen-bond donors (Lipinski definition) is 1. The number of aromatic carboxylic acids is 1.